The van der Waals surface area contributed by atoms with E-state index in [1.165, 1.54) is 0 Å². The van der Waals surface area contributed by atoms with E-state index in [9.17, 15) is 8.42 Å². The second-order valence-electron chi connectivity index (χ2n) is 4.17. The van der Waals surface area contributed by atoms with Crippen molar-refractivity contribution in [3.8, 4) is 0 Å². The van der Waals surface area contributed by atoms with Gasteiger partial charge >= 0.3 is 0 Å². The number of nitrogens with zero attached hydrogens (tertiary/aromatic N) is 1. The maximum Gasteiger partial charge on any atom is 0.265 e. The molecule has 1 aliphatic rings. The van der Waals surface area contributed by atoms with Gasteiger partial charge in [-0.2, -0.15) is 8.42 Å². The zero-order valence-corrected chi connectivity index (χ0v) is 10.3. The molecular formula is C11H15NO3S. The Kier molecular flexibility index (Phi) is 2.99. The fourth-order valence-corrected chi connectivity index (χ4v) is 2.73. The zero-order valence-electron chi connectivity index (χ0n) is 9.43. The van der Waals surface area contributed by atoms with Crippen molar-refractivity contribution in [1.82, 2.24) is 4.98 Å². The summed E-state index contributed by atoms with van der Waals surface area (Å²) in [6.45, 7) is 2.02. The molecule has 1 aromatic heterocycles. The lowest BCUT2D eigenvalue weighted by atomic mass is 9.91. The van der Waals surface area contributed by atoms with Gasteiger partial charge < -0.3 is 0 Å². The van der Waals surface area contributed by atoms with Crippen LogP contribution in [-0.2, 0) is 20.7 Å². The summed E-state index contributed by atoms with van der Waals surface area (Å²) in [5.41, 5.74) is 3.09. The highest BCUT2D eigenvalue weighted by molar-refractivity contribution is 7.86. The number of aryl methyl sites for hydroxylation is 1. The first-order valence-electron chi connectivity index (χ1n) is 5.30. The van der Waals surface area contributed by atoms with Crippen LogP contribution in [0, 0.1) is 6.92 Å². The minimum absolute atomic E-state index is 0.404. The van der Waals surface area contributed by atoms with E-state index in [0.717, 1.165) is 42.3 Å². The summed E-state index contributed by atoms with van der Waals surface area (Å²) in [5, 5.41) is 0. The van der Waals surface area contributed by atoms with E-state index in [4.69, 9.17) is 4.18 Å². The van der Waals surface area contributed by atoms with Crippen LogP contribution in [0.2, 0.25) is 0 Å². The van der Waals surface area contributed by atoms with Crippen molar-refractivity contribution < 1.29 is 12.6 Å². The fourth-order valence-electron chi connectivity index (χ4n) is 2.12. The van der Waals surface area contributed by atoms with Crippen molar-refractivity contribution in [1.29, 1.82) is 0 Å². The molecule has 0 fully saturated rings. The van der Waals surface area contributed by atoms with Crippen LogP contribution in [0.5, 0.6) is 0 Å². The third kappa shape index (κ3) is 2.41. The summed E-state index contributed by atoms with van der Waals surface area (Å²) < 4.78 is 27.4. The quantitative estimate of drug-likeness (QED) is 0.740. The molecule has 1 aromatic rings. The standard InChI is InChI=1S/C11H15NO3S/c1-8-6-7-12-11-9(8)4-3-5-10(11)15-16(2,13)14/h6-7,10H,3-5H2,1-2H3. The molecule has 1 unspecified atom stereocenters. The molecule has 0 aliphatic heterocycles. The van der Waals surface area contributed by atoms with Crippen LogP contribution in [0.1, 0.15) is 35.8 Å². The van der Waals surface area contributed by atoms with Gasteiger partial charge in [0.2, 0.25) is 0 Å². The number of pyridine rings is 1. The molecule has 0 amide bonds. The Labute approximate surface area is 95.8 Å². The zero-order chi connectivity index (χ0) is 11.8. The molecule has 0 aromatic carbocycles. The topological polar surface area (TPSA) is 56.3 Å². The maximum atomic E-state index is 11.1. The van der Waals surface area contributed by atoms with Gasteiger partial charge in [-0.05, 0) is 43.4 Å². The van der Waals surface area contributed by atoms with Crippen LogP contribution in [0.25, 0.3) is 0 Å². The van der Waals surface area contributed by atoms with Gasteiger partial charge in [0.05, 0.1) is 11.9 Å². The van der Waals surface area contributed by atoms with Gasteiger partial charge in [0.1, 0.15) is 6.10 Å². The Morgan fingerprint density at radius 2 is 2.25 bits per heavy atom. The Bertz CT molecular complexity index is 496. The Balaban J connectivity index is 2.37. The molecule has 1 atom stereocenters. The first-order valence-corrected chi connectivity index (χ1v) is 7.11. The molecule has 88 valence electrons. The number of fused-ring (bicyclic) bond motifs is 1. The highest BCUT2D eigenvalue weighted by atomic mass is 32.2. The molecule has 0 saturated heterocycles. The van der Waals surface area contributed by atoms with Crippen LogP contribution in [0.3, 0.4) is 0 Å². The molecule has 0 radical (unpaired) electrons. The highest BCUT2D eigenvalue weighted by Gasteiger charge is 2.26. The predicted molar refractivity (Wildman–Crippen MR) is 60.6 cm³/mol. The number of aromatic nitrogens is 1. The van der Waals surface area contributed by atoms with Gasteiger partial charge in [-0.1, -0.05) is 0 Å². The third-order valence-electron chi connectivity index (χ3n) is 2.81. The maximum absolute atomic E-state index is 11.1. The van der Waals surface area contributed by atoms with Crippen molar-refractivity contribution in [2.45, 2.75) is 32.3 Å². The second-order valence-corrected chi connectivity index (χ2v) is 5.77. The lowest BCUT2D eigenvalue weighted by Crippen LogP contribution is -2.18. The largest absolute Gasteiger partial charge is 0.265 e. The molecule has 1 aliphatic carbocycles. The summed E-state index contributed by atoms with van der Waals surface area (Å²) in [4.78, 5) is 4.26. The van der Waals surface area contributed by atoms with E-state index in [2.05, 4.69) is 4.98 Å². The van der Waals surface area contributed by atoms with Crippen molar-refractivity contribution in [2.24, 2.45) is 0 Å². The van der Waals surface area contributed by atoms with Crippen molar-refractivity contribution in [2.75, 3.05) is 6.26 Å². The first kappa shape index (κ1) is 11.5. The highest BCUT2D eigenvalue weighted by Crippen LogP contribution is 2.33. The van der Waals surface area contributed by atoms with Crippen LogP contribution in [0.15, 0.2) is 12.3 Å². The van der Waals surface area contributed by atoms with Crippen LogP contribution in [-0.4, -0.2) is 19.7 Å². The summed E-state index contributed by atoms with van der Waals surface area (Å²) >= 11 is 0. The smallest absolute Gasteiger partial charge is 0.260 e. The second kappa shape index (κ2) is 4.14. The Morgan fingerprint density at radius 1 is 1.50 bits per heavy atom. The lowest BCUT2D eigenvalue weighted by molar-refractivity contribution is 0.187. The molecule has 1 heterocycles. The summed E-state index contributed by atoms with van der Waals surface area (Å²) in [6, 6.07) is 1.95. The molecule has 4 nitrogen and oxygen atoms in total. The first-order chi connectivity index (χ1) is 7.47. The average Bonchev–Trinajstić information content (AvgIpc) is 2.17. The summed E-state index contributed by atoms with van der Waals surface area (Å²) in [6.07, 6.45) is 5.00. The molecule has 0 saturated carbocycles. The van der Waals surface area contributed by atoms with Crippen molar-refractivity contribution in [3.63, 3.8) is 0 Å². The predicted octanol–water partition coefficient (Wildman–Crippen LogP) is 1.74. The molecule has 0 spiro atoms. The van der Waals surface area contributed by atoms with Crippen LogP contribution in [0.4, 0.5) is 0 Å². The number of rotatable bonds is 2. The molecule has 0 bridgehead atoms. The molecule has 5 heteroatoms. The number of hydrogen-bond donors (Lipinski definition) is 0. The van der Waals surface area contributed by atoms with Crippen molar-refractivity contribution >= 4 is 10.1 Å². The molecular weight excluding hydrogens is 226 g/mol. The Morgan fingerprint density at radius 3 is 2.94 bits per heavy atom. The van der Waals surface area contributed by atoms with Gasteiger partial charge in [0.25, 0.3) is 10.1 Å². The van der Waals surface area contributed by atoms with Gasteiger partial charge in [-0.25, -0.2) is 0 Å². The van der Waals surface area contributed by atoms with E-state index in [1.54, 1.807) is 6.20 Å². The summed E-state index contributed by atoms with van der Waals surface area (Å²) in [7, 11) is -3.42. The van der Waals surface area contributed by atoms with Crippen molar-refractivity contribution in [3.05, 3.63) is 29.1 Å². The molecule has 2 rings (SSSR count). The van der Waals surface area contributed by atoms with Crippen LogP contribution < -0.4 is 0 Å². The van der Waals surface area contributed by atoms with E-state index in [1.807, 2.05) is 13.0 Å². The SMILES string of the molecule is Cc1ccnc2c1CCCC2OS(C)(=O)=O. The normalized spacial score (nSPS) is 20.5. The Hall–Kier alpha value is -0.940. The van der Waals surface area contributed by atoms with E-state index in [-0.39, 0.29) is 0 Å². The lowest BCUT2D eigenvalue weighted by Gasteiger charge is -2.24. The molecule has 16 heavy (non-hydrogen) atoms. The third-order valence-corrected chi connectivity index (χ3v) is 3.39. The molecule has 0 N–H and O–H groups in total. The summed E-state index contributed by atoms with van der Waals surface area (Å²) in [5.74, 6) is 0. The fraction of sp³-hybridized carbons (Fsp3) is 0.545. The monoisotopic (exact) mass is 241 g/mol. The van der Waals surface area contributed by atoms with Gasteiger partial charge in [0.15, 0.2) is 0 Å². The van der Waals surface area contributed by atoms with Gasteiger partial charge in [-0.15, -0.1) is 0 Å². The minimum Gasteiger partial charge on any atom is -0.260 e. The van der Waals surface area contributed by atoms with Gasteiger partial charge in [-0.3, -0.25) is 9.17 Å². The van der Waals surface area contributed by atoms with E-state index < -0.39 is 16.2 Å². The van der Waals surface area contributed by atoms with E-state index >= 15 is 0 Å². The van der Waals surface area contributed by atoms with Gasteiger partial charge in [0, 0.05) is 6.20 Å². The number of hydrogen-bond acceptors (Lipinski definition) is 4. The average molecular weight is 241 g/mol. The minimum atomic E-state index is -3.42. The van der Waals surface area contributed by atoms with Crippen LogP contribution >= 0.6 is 0 Å². The van der Waals surface area contributed by atoms with E-state index in [0.29, 0.717) is 0 Å².